The predicted octanol–water partition coefficient (Wildman–Crippen LogP) is 3.22. The van der Waals surface area contributed by atoms with Crippen molar-refractivity contribution in [1.82, 2.24) is 15.6 Å². The van der Waals surface area contributed by atoms with Gasteiger partial charge in [0.2, 0.25) is 0 Å². The molecule has 3 rings (SSSR count). The smallest absolute Gasteiger partial charge is 0.277 e. The molecule has 1 aromatic heterocycles. The standard InChI is InChI=1S/C20H20N4O2/c1-14-8-9-18(10-15(14)2)26-13-19(25)23-21-11-17-12-22-24-20(17)16-6-4-3-5-7-16/h3-12H,13H2,1-2H3,(H,22,24)(H,23,25)/b21-11+. The summed E-state index contributed by atoms with van der Waals surface area (Å²) in [5.41, 5.74) is 7.38. The van der Waals surface area contributed by atoms with Crippen molar-refractivity contribution in [2.24, 2.45) is 5.10 Å². The van der Waals surface area contributed by atoms with Gasteiger partial charge in [0.1, 0.15) is 5.75 Å². The number of amides is 1. The molecule has 0 spiro atoms. The molecular formula is C20H20N4O2. The number of aromatic amines is 1. The van der Waals surface area contributed by atoms with Gasteiger partial charge in [-0.2, -0.15) is 10.2 Å². The summed E-state index contributed by atoms with van der Waals surface area (Å²) in [4.78, 5) is 11.9. The summed E-state index contributed by atoms with van der Waals surface area (Å²) < 4.78 is 5.48. The van der Waals surface area contributed by atoms with Crippen LogP contribution in [-0.2, 0) is 4.79 Å². The van der Waals surface area contributed by atoms with Crippen molar-refractivity contribution < 1.29 is 9.53 Å². The third kappa shape index (κ3) is 4.36. The normalized spacial score (nSPS) is 10.8. The summed E-state index contributed by atoms with van der Waals surface area (Å²) in [6.07, 6.45) is 3.21. The summed E-state index contributed by atoms with van der Waals surface area (Å²) in [6, 6.07) is 15.5. The minimum atomic E-state index is -0.329. The SMILES string of the molecule is Cc1ccc(OCC(=O)N/N=C/c2cn[nH]c2-c2ccccc2)cc1C. The minimum absolute atomic E-state index is 0.100. The number of hydrogen-bond acceptors (Lipinski definition) is 4. The average molecular weight is 348 g/mol. The van der Waals surface area contributed by atoms with Gasteiger partial charge in [-0.3, -0.25) is 9.89 Å². The summed E-state index contributed by atoms with van der Waals surface area (Å²) >= 11 is 0. The van der Waals surface area contributed by atoms with Crippen LogP contribution in [0.1, 0.15) is 16.7 Å². The maximum Gasteiger partial charge on any atom is 0.277 e. The molecule has 0 aliphatic rings. The number of nitrogens with one attached hydrogen (secondary N) is 2. The minimum Gasteiger partial charge on any atom is -0.484 e. The third-order valence-electron chi connectivity index (χ3n) is 3.97. The molecule has 2 aromatic carbocycles. The van der Waals surface area contributed by atoms with Gasteiger partial charge in [-0.15, -0.1) is 0 Å². The summed E-state index contributed by atoms with van der Waals surface area (Å²) in [7, 11) is 0. The van der Waals surface area contributed by atoms with Crippen LogP contribution in [-0.4, -0.2) is 28.9 Å². The average Bonchev–Trinajstić information content (AvgIpc) is 3.12. The number of carbonyl (C=O) groups is 1. The molecule has 0 radical (unpaired) electrons. The number of hydrogen-bond donors (Lipinski definition) is 2. The number of H-pyrrole nitrogens is 1. The van der Waals surface area contributed by atoms with Crippen molar-refractivity contribution in [3.63, 3.8) is 0 Å². The van der Waals surface area contributed by atoms with Gasteiger partial charge in [-0.05, 0) is 37.1 Å². The number of hydrazone groups is 1. The van der Waals surface area contributed by atoms with Crippen LogP contribution >= 0.6 is 0 Å². The van der Waals surface area contributed by atoms with E-state index >= 15 is 0 Å². The van der Waals surface area contributed by atoms with E-state index < -0.39 is 0 Å². The van der Waals surface area contributed by atoms with Crippen molar-refractivity contribution in [3.8, 4) is 17.0 Å². The lowest BCUT2D eigenvalue weighted by atomic mass is 10.1. The van der Waals surface area contributed by atoms with Gasteiger partial charge in [0.15, 0.2) is 6.61 Å². The van der Waals surface area contributed by atoms with Gasteiger partial charge in [0, 0.05) is 11.1 Å². The molecule has 0 unspecified atom stereocenters. The van der Waals surface area contributed by atoms with Gasteiger partial charge in [0.05, 0.1) is 18.1 Å². The lowest BCUT2D eigenvalue weighted by molar-refractivity contribution is -0.123. The zero-order valence-electron chi connectivity index (χ0n) is 14.7. The Morgan fingerprint density at radius 3 is 2.77 bits per heavy atom. The second-order valence-corrected chi connectivity index (χ2v) is 5.89. The highest BCUT2D eigenvalue weighted by Crippen LogP contribution is 2.19. The first-order valence-electron chi connectivity index (χ1n) is 8.24. The van der Waals surface area contributed by atoms with Gasteiger partial charge < -0.3 is 4.74 Å². The van der Waals surface area contributed by atoms with Crippen molar-refractivity contribution in [2.75, 3.05) is 6.61 Å². The maximum atomic E-state index is 11.9. The van der Waals surface area contributed by atoms with E-state index in [0.717, 1.165) is 22.4 Å². The quantitative estimate of drug-likeness (QED) is 0.530. The molecule has 0 atom stereocenters. The lowest BCUT2D eigenvalue weighted by Gasteiger charge is -2.07. The van der Waals surface area contributed by atoms with E-state index in [9.17, 15) is 4.79 Å². The van der Waals surface area contributed by atoms with Crippen LogP contribution in [0, 0.1) is 13.8 Å². The number of rotatable bonds is 6. The van der Waals surface area contributed by atoms with Gasteiger partial charge in [-0.1, -0.05) is 36.4 Å². The van der Waals surface area contributed by atoms with Crippen LogP contribution in [0.15, 0.2) is 59.8 Å². The van der Waals surface area contributed by atoms with Crippen LogP contribution in [0.5, 0.6) is 5.75 Å². The number of benzene rings is 2. The van der Waals surface area contributed by atoms with Crippen molar-refractivity contribution in [2.45, 2.75) is 13.8 Å². The summed E-state index contributed by atoms with van der Waals surface area (Å²) in [5.74, 6) is 0.331. The summed E-state index contributed by atoms with van der Waals surface area (Å²) in [6.45, 7) is 3.93. The molecule has 2 N–H and O–H groups in total. The van der Waals surface area contributed by atoms with E-state index in [0.29, 0.717) is 5.75 Å². The monoisotopic (exact) mass is 348 g/mol. The molecule has 6 heteroatoms. The van der Waals surface area contributed by atoms with E-state index in [1.165, 1.54) is 5.56 Å². The molecule has 6 nitrogen and oxygen atoms in total. The Morgan fingerprint density at radius 1 is 1.19 bits per heavy atom. The van der Waals surface area contributed by atoms with E-state index in [1.807, 2.05) is 62.4 Å². The first-order valence-corrected chi connectivity index (χ1v) is 8.24. The summed E-state index contributed by atoms with van der Waals surface area (Å²) in [5, 5.41) is 11.0. The maximum absolute atomic E-state index is 11.9. The van der Waals surface area contributed by atoms with Crippen LogP contribution < -0.4 is 10.2 Å². The molecule has 1 amide bonds. The van der Waals surface area contributed by atoms with E-state index in [1.54, 1.807) is 12.4 Å². The molecule has 0 saturated heterocycles. The van der Waals surface area contributed by atoms with E-state index in [4.69, 9.17) is 4.74 Å². The Labute approximate surface area is 151 Å². The zero-order chi connectivity index (χ0) is 18.4. The highest BCUT2D eigenvalue weighted by atomic mass is 16.5. The van der Waals surface area contributed by atoms with Gasteiger partial charge >= 0.3 is 0 Å². The van der Waals surface area contributed by atoms with Crippen molar-refractivity contribution in [3.05, 3.63) is 71.4 Å². The Kier molecular flexibility index (Phi) is 5.43. The number of ether oxygens (including phenoxy) is 1. The Balaban J connectivity index is 1.55. The molecule has 132 valence electrons. The highest BCUT2D eigenvalue weighted by molar-refractivity contribution is 5.89. The second-order valence-electron chi connectivity index (χ2n) is 5.89. The van der Waals surface area contributed by atoms with E-state index in [-0.39, 0.29) is 12.5 Å². The largest absolute Gasteiger partial charge is 0.484 e. The number of nitrogens with zero attached hydrogens (tertiary/aromatic N) is 2. The molecule has 0 fully saturated rings. The lowest BCUT2D eigenvalue weighted by Crippen LogP contribution is -2.24. The zero-order valence-corrected chi connectivity index (χ0v) is 14.7. The predicted molar refractivity (Wildman–Crippen MR) is 101 cm³/mol. The Bertz CT molecular complexity index is 917. The van der Waals surface area contributed by atoms with Gasteiger partial charge in [0.25, 0.3) is 5.91 Å². The van der Waals surface area contributed by atoms with Gasteiger partial charge in [-0.25, -0.2) is 5.43 Å². The van der Waals surface area contributed by atoms with Crippen LogP contribution in [0.4, 0.5) is 0 Å². The number of carbonyl (C=O) groups excluding carboxylic acids is 1. The first kappa shape index (κ1) is 17.4. The highest BCUT2D eigenvalue weighted by Gasteiger charge is 2.06. The molecular weight excluding hydrogens is 328 g/mol. The molecule has 0 bridgehead atoms. The third-order valence-corrected chi connectivity index (χ3v) is 3.97. The van der Waals surface area contributed by atoms with Crippen molar-refractivity contribution in [1.29, 1.82) is 0 Å². The fourth-order valence-electron chi connectivity index (χ4n) is 2.39. The Hall–Kier alpha value is -3.41. The van der Waals surface area contributed by atoms with Crippen LogP contribution in [0.25, 0.3) is 11.3 Å². The Morgan fingerprint density at radius 2 is 2.00 bits per heavy atom. The molecule has 1 heterocycles. The topological polar surface area (TPSA) is 79.4 Å². The van der Waals surface area contributed by atoms with Crippen molar-refractivity contribution >= 4 is 12.1 Å². The first-order chi connectivity index (χ1) is 12.6. The fraction of sp³-hybridized carbons (Fsp3) is 0.150. The number of aryl methyl sites for hydroxylation is 2. The molecule has 0 aliphatic carbocycles. The molecule has 0 saturated carbocycles. The fourth-order valence-corrected chi connectivity index (χ4v) is 2.39. The molecule has 3 aromatic rings. The second kappa shape index (κ2) is 8.11. The number of aromatic nitrogens is 2. The molecule has 0 aliphatic heterocycles. The molecule has 26 heavy (non-hydrogen) atoms. The van der Waals surface area contributed by atoms with Crippen LogP contribution in [0.2, 0.25) is 0 Å². The van der Waals surface area contributed by atoms with Crippen LogP contribution in [0.3, 0.4) is 0 Å². The van der Waals surface area contributed by atoms with E-state index in [2.05, 4.69) is 20.7 Å².